The van der Waals surface area contributed by atoms with Gasteiger partial charge in [0, 0.05) is 12.6 Å². The molecule has 110 valence electrons. The number of ketones is 1. The number of rotatable bonds is 8. The van der Waals surface area contributed by atoms with Crippen LogP contribution in [0.5, 0.6) is 5.75 Å². The molecular weight excluding hydrogens is 254 g/mol. The van der Waals surface area contributed by atoms with Crippen LogP contribution in [-0.4, -0.2) is 48.1 Å². The molecule has 0 unspecified atom stereocenters. The molecule has 0 radical (unpaired) electrons. The maximum Gasteiger partial charge on any atom is 0.180 e. The van der Waals surface area contributed by atoms with E-state index < -0.39 is 0 Å². The summed E-state index contributed by atoms with van der Waals surface area (Å²) in [6.07, 6.45) is 3.47. The van der Waals surface area contributed by atoms with Crippen LogP contribution in [0, 0.1) is 0 Å². The molecule has 4 nitrogen and oxygen atoms in total. The number of benzene rings is 1. The average Bonchev–Trinajstić information content (AvgIpc) is 2.38. The lowest BCUT2D eigenvalue weighted by atomic mass is 9.91. The Hall–Kier alpha value is -1.39. The first-order chi connectivity index (χ1) is 9.76. The van der Waals surface area contributed by atoms with Crippen LogP contribution in [0.25, 0.3) is 0 Å². The van der Waals surface area contributed by atoms with Crippen molar-refractivity contribution in [2.45, 2.75) is 32.2 Å². The van der Waals surface area contributed by atoms with Crippen molar-refractivity contribution in [3.63, 3.8) is 0 Å². The monoisotopic (exact) mass is 277 g/mol. The van der Waals surface area contributed by atoms with Gasteiger partial charge in [-0.3, -0.25) is 9.69 Å². The van der Waals surface area contributed by atoms with Gasteiger partial charge in [-0.05, 0) is 31.9 Å². The fourth-order valence-electron chi connectivity index (χ4n) is 2.52. The molecule has 1 aliphatic rings. The van der Waals surface area contributed by atoms with Gasteiger partial charge >= 0.3 is 0 Å². The molecule has 0 amide bonds. The fourth-order valence-corrected chi connectivity index (χ4v) is 2.52. The van der Waals surface area contributed by atoms with Crippen molar-refractivity contribution < 1.29 is 14.6 Å². The average molecular weight is 277 g/mol. The number of aliphatic hydroxyl groups is 1. The zero-order valence-corrected chi connectivity index (χ0v) is 12.0. The number of carbonyl (C=O) groups is 1. The zero-order chi connectivity index (χ0) is 14.4. The standard InChI is InChI=1S/C16H23NO3/c1-2-20-16-9-4-3-8-14(16)15(19)12-17(10-11-18)13-6-5-7-13/h3-4,8-9,13,18H,2,5-7,10-12H2,1H3. The molecular formula is C16H23NO3. The summed E-state index contributed by atoms with van der Waals surface area (Å²) in [6.45, 7) is 3.47. The summed E-state index contributed by atoms with van der Waals surface area (Å²) in [6, 6.07) is 7.82. The van der Waals surface area contributed by atoms with Crippen molar-refractivity contribution in [1.29, 1.82) is 0 Å². The van der Waals surface area contributed by atoms with Crippen molar-refractivity contribution in [3.05, 3.63) is 29.8 Å². The number of carbonyl (C=O) groups excluding carboxylic acids is 1. The van der Waals surface area contributed by atoms with Crippen molar-refractivity contribution in [1.82, 2.24) is 4.90 Å². The number of hydrogen-bond donors (Lipinski definition) is 1. The summed E-state index contributed by atoms with van der Waals surface area (Å²) in [5, 5.41) is 9.15. The molecule has 1 aromatic rings. The van der Waals surface area contributed by atoms with Gasteiger partial charge in [0.2, 0.25) is 0 Å². The van der Waals surface area contributed by atoms with E-state index in [1.165, 1.54) is 6.42 Å². The Morgan fingerprint density at radius 3 is 2.75 bits per heavy atom. The lowest BCUT2D eigenvalue weighted by molar-refractivity contribution is 0.0744. The van der Waals surface area contributed by atoms with Gasteiger partial charge in [-0.1, -0.05) is 18.6 Å². The van der Waals surface area contributed by atoms with Crippen LogP contribution in [0.2, 0.25) is 0 Å². The van der Waals surface area contributed by atoms with Gasteiger partial charge in [0.05, 0.1) is 25.3 Å². The van der Waals surface area contributed by atoms with E-state index in [0.717, 1.165) is 12.8 Å². The van der Waals surface area contributed by atoms with Crippen molar-refractivity contribution in [2.75, 3.05) is 26.3 Å². The molecule has 1 saturated carbocycles. The van der Waals surface area contributed by atoms with Gasteiger partial charge in [0.25, 0.3) is 0 Å². The SMILES string of the molecule is CCOc1ccccc1C(=O)CN(CCO)C1CCC1. The van der Waals surface area contributed by atoms with Crippen LogP contribution in [0.3, 0.4) is 0 Å². The largest absolute Gasteiger partial charge is 0.493 e. The van der Waals surface area contributed by atoms with E-state index >= 15 is 0 Å². The Morgan fingerprint density at radius 2 is 2.15 bits per heavy atom. The van der Waals surface area contributed by atoms with Crippen LogP contribution in [0.1, 0.15) is 36.5 Å². The summed E-state index contributed by atoms with van der Waals surface area (Å²) >= 11 is 0. The van der Waals surface area contributed by atoms with Crippen molar-refractivity contribution in [2.24, 2.45) is 0 Å². The molecule has 0 heterocycles. The molecule has 1 aromatic carbocycles. The molecule has 20 heavy (non-hydrogen) atoms. The number of Topliss-reactive ketones (excluding diaryl/α,β-unsaturated/α-hetero) is 1. The predicted molar refractivity (Wildman–Crippen MR) is 78.2 cm³/mol. The number of hydrogen-bond acceptors (Lipinski definition) is 4. The lowest BCUT2D eigenvalue weighted by Crippen LogP contribution is -2.44. The minimum Gasteiger partial charge on any atom is -0.493 e. The Bertz CT molecular complexity index is 443. The first-order valence-corrected chi connectivity index (χ1v) is 7.36. The van der Waals surface area contributed by atoms with Crippen LogP contribution in [0.4, 0.5) is 0 Å². The van der Waals surface area contributed by atoms with Gasteiger partial charge in [-0.2, -0.15) is 0 Å². The third kappa shape index (κ3) is 3.58. The van der Waals surface area contributed by atoms with Gasteiger partial charge in [-0.15, -0.1) is 0 Å². The van der Waals surface area contributed by atoms with E-state index in [9.17, 15) is 4.79 Å². The normalized spacial score (nSPS) is 15.2. The third-order valence-electron chi connectivity index (χ3n) is 3.81. The second kappa shape index (κ2) is 7.41. The van der Waals surface area contributed by atoms with Crippen molar-refractivity contribution >= 4 is 5.78 Å². The summed E-state index contributed by atoms with van der Waals surface area (Å²) in [4.78, 5) is 14.6. The van der Waals surface area contributed by atoms with Gasteiger partial charge in [-0.25, -0.2) is 0 Å². The van der Waals surface area contributed by atoms with Crippen LogP contribution in [0.15, 0.2) is 24.3 Å². The summed E-state index contributed by atoms with van der Waals surface area (Å²) in [5.41, 5.74) is 0.636. The molecule has 0 atom stereocenters. The van der Waals surface area contributed by atoms with E-state index in [-0.39, 0.29) is 12.4 Å². The first-order valence-electron chi connectivity index (χ1n) is 7.36. The molecule has 0 bridgehead atoms. The number of nitrogens with zero attached hydrogens (tertiary/aromatic N) is 1. The molecule has 0 saturated heterocycles. The smallest absolute Gasteiger partial charge is 0.180 e. The summed E-state index contributed by atoms with van der Waals surface area (Å²) < 4.78 is 5.51. The number of ether oxygens (including phenoxy) is 1. The van der Waals surface area contributed by atoms with Crippen LogP contribution >= 0.6 is 0 Å². The number of aliphatic hydroxyl groups excluding tert-OH is 1. The Morgan fingerprint density at radius 1 is 1.40 bits per heavy atom. The van der Waals surface area contributed by atoms with Gasteiger partial charge in [0.1, 0.15) is 5.75 Å². The second-order valence-electron chi connectivity index (χ2n) is 5.13. The van der Waals surface area contributed by atoms with E-state index in [2.05, 4.69) is 4.90 Å². The molecule has 0 aromatic heterocycles. The predicted octanol–water partition coefficient (Wildman–Crippen LogP) is 2.11. The quantitative estimate of drug-likeness (QED) is 0.739. The van der Waals surface area contributed by atoms with E-state index in [4.69, 9.17) is 9.84 Å². The minimum atomic E-state index is 0.0643. The van der Waals surface area contributed by atoms with Gasteiger partial charge in [0.15, 0.2) is 5.78 Å². The maximum absolute atomic E-state index is 12.5. The third-order valence-corrected chi connectivity index (χ3v) is 3.81. The number of para-hydroxylation sites is 1. The topological polar surface area (TPSA) is 49.8 Å². The summed E-state index contributed by atoms with van der Waals surface area (Å²) in [5.74, 6) is 0.715. The molecule has 0 aliphatic heterocycles. The Balaban J connectivity index is 2.05. The fraction of sp³-hybridized carbons (Fsp3) is 0.562. The van der Waals surface area contributed by atoms with Crippen molar-refractivity contribution in [3.8, 4) is 5.75 Å². The second-order valence-corrected chi connectivity index (χ2v) is 5.13. The first kappa shape index (κ1) is 15.0. The Kier molecular flexibility index (Phi) is 5.56. The molecule has 1 N–H and O–H groups in total. The lowest BCUT2D eigenvalue weighted by Gasteiger charge is -2.36. The van der Waals surface area contributed by atoms with Crippen LogP contribution in [-0.2, 0) is 0 Å². The summed E-state index contributed by atoms with van der Waals surface area (Å²) in [7, 11) is 0. The highest BCUT2D eigenvalue weighted by Gasteiger charge is 2.27. The van der Waals surface area contributed by atoms with Gasteiger partial charge < -0.3 is 9.84 Å². The zero-order valence-electron chi connectivity index (χ0n) is 12.0. The van der Waals surface area contributed by atoms with E-state index in [1.807, 2.05) is 31.2 Å². The molecule has 4 heteroatoms. The highest BCUT2D eigenvalue weighted by atomic mass is 16.5. The molecule has 2 rings (SSSR count). The molecule has 0 spiro atoms. The van der Waals surface area contributed by atoms with Crippen LogP contribution < -0.4 is 4.74 Å². The maximum atomic E-state index is 12.5. The highest BCUT2D eigenvalue weighted by molar-refractivity contribution is 6.00. The van der Waals surface area contributed by atoms with E-state index in [0.29, 0.717) is 37.1 Å². The van der Waals surface area contributed by atoms with E-state index in [1.54, 1.807) is 0 Å². The Labute approximate surface area is 120 Å². The molecule has 1 aliphatic carbocycles. The molecule has 1 fully saturated rings. The minimum absolute atomic E-state index is 0.0643. The highest BCUT2D eigenvalue weighted by Crippen LogP contribution is 2.25.